The molecule has 4 rings (SSSR count). The molecule has 0 amide bonds. The summed E-state index contributed by atoms with van der Waals surface area (Å²) in [6, 6.07) is 17.8. The zero-order valence-electron chi connectivity index (χ0n) is 14.1. The van der Waals surface area contributed by atoms with E-state index in [2.05, 4.69) is 29.2 Å². The van der Waals surface area contributed by atoms with Gasteiger partial charge in [0.25, 0.3) is 0 Å². The Labute approximate surface area is 172 Å². The van der Waals surface area contributed by atoms with Gasteiger partial charge in [-0.15, -0.1) is 0 Å². The second-order valence-corrected chi connectivity index (χ2v) is 7.33. The van der Waals surface area contributed by atoms with Crippen LogP contribution in [0.4, 0.5) is 0 Å². The first-order valence-corrected chi connectivity index (χ1v) is 9.50. The molecule has 0 radical (unpaired) electrons. The van der Waals surface area contributed by atoms with Crippen LogP contribution in [0.5, 0.6) is 5.75 Å². The number of hydrogen-bond donors (Lipinski definition) is 0. The SMILES string of the molecule is Clc1cc(OC(Cn2ccnc2)c2cccc3ccccc23)cc(Cl)c1Cl. The van der Waals surface area contributed by atoms with Crippen LogP contribution in [0.2, 0.25) is 15.1 Å². The number of hydrogen-bond acceptors (Lipinski definition) is 2. The normalized spacial score (nSPS) is 12.3. The Bertz CT molecular complexity index is 1050. The molecular weight excluding hydrogens is 403 g/mol. The van der Waals surface area contributed by atoms with Gasteiger partial charge in [0.2, 0.25) is 0 Å². The quantitative estimate of drug-likeness (QED) is 0.333. The van der Waals surface area contributed by atoms with E-state index in [1.165, 1.54) is 0 Å². The minimum Gasteiger partial charge on any atom is -0.484 e. The minimum absolute atomic E-state index is 0.265. The van der Waals surface area contributed by atoms with E-state index >= 15 is 0 Å². The fraction of sp³-hybridized carbons (Fsp3) is 0.0952. The molecule has 0 spiro atoms. The molecule has 1 aromatic heterocycles. The predicted octanol–water partition coefficient (Wildman–Crippen LogP) is 6.82. The summed E-state index contributed by atoms with van der Waals surface area (Å²) in [5, 5.41) is 3.33. The van der Waals surface area contributed by atoms with Crippen molar-refractivity contribution in [2.45, 2.75) is 12.6 Å². The molecule has 4 aromatic rings. The van der Waals surface area contributed by atoms with Crippen molar-refractivity contribution in [3.8, 4) is 5.75 Å². The van der Waals surface area contributed by atoms with Crippen molar-refractivity contribution in [1.82, 2.24) is 9.55 Å². The van der Waals surface area contributed by atoms with Gasteiger partial charge in [-0.2, -0.15) is 0 Å². The van der Waals surface area contributed by atoms with Gasteiger partial charge in [0.1, 0.15) is 11.9 Å². The number of imidazole rings is 1. The second kappa shape index (κ2) is 7.81. The molecule has 0 saturated heterocycles. The van der Waals surface area contributed by atoms with Gasteiger partial charge in [-0.05, 0) is 10.8 Å². The second-order valence-electron chi connectivity index (χ2n) is 6.14. The minimum atomic E-state index is -0.265. The number of nitrogens with zero attached hydrogens (tertiary/aromatic N) is 2. The van der Waals surface area contributed by atoms with Crippen molar-refractivity contribution < 1.29 is 4.74 Å². The maximum Gasteiger partial charge on any atom is 0.142 e. The van der Waals surface area contributed by atoms with Crippen molar-refractivity contribution in [3.05, 3.63) is 93.9 Å². The third-order valence-electron chi connectivity index (χ3n) is 4.34. The summed E-state index contributed by atoms with van der Waals surface area (Å²) in [4.78, 5) is 4.13. The summed E-state index contributed by atoms with van der Waals surface area (Å²) in [6.45, 7) is 0.589. The highest BCUT2D eigenvalue weighted by Gasteiger charge is 2.18. The summed E-state index contributed by atoms with van der Waals surface area (Å²) in [6.07, 6.45) is 5.15. The van der Waals surface area contributed by atoms with E-state index in [0.717, 1.165) is 16.3 Å². The van der Waals surface area contributed by atoms with Gasteiger partial charge < -0.3 is 9.30 Å². The van der Waals surface area contributed by atoms with Crippen molar-refractivity contribution in [1.29, 1.82) is 0 Å². The number of ether oxygens (including phenoxy) is 1. The van der Waals surface area contributed by atoms with E-state index in [4.69, 9.17) is 39.5 Å². The Balaban J connectivity index is 1.77. The van der Waals surface area contributed by atoms with Gasteiger partial charge >= 0.3 is 0 Å². The zero-order valence-corrected chi connectivity index (χ0v) is 16.4. The monoisotopic (exact) mass is 416 g/mol. The Morgan fingerprint density at radius 3 is 2.44 bits per heavy atom. The molecule has 6 heteroatoms. The molecule has 0 bridgehead atoms. The summed E-state index contributed by atoms with van der Waals surface area (Å²) in [5.41, 5.74) is 1.07. The lowest BCUT2D eigenvalue weighted by molar-refractivity contribution is 0.185. The summed E-state index contributed by atoms with van der Waals surface area (Å²) < 4.78 is 8.30. The Morgan fingerprint density at radius 1 is 0.963 bits per heavy atom. The first-order chi connectivity index (χ1) is 13.1. The molecule has 0 fully saturated rings. The van der Waals surface area contributed by atoms with Gasteiger partial charge in [0.15, 0.2) is 0 Å². The van der Waals surface area contributed by atoms with E-state index in [1.54, 1.807) is 24.7 Å². The van der Waals surface area contributed by atoms with Crippen molar-refractivity contribution >= 4 is 45.6 Å². The highest BCUT2D eigenvalue weighted by Crippen LogP contribution is 2.37. The molecule has 0 aliphatic rings. The van der Waals surface area contributed by atoms with E-state index in [9.17, 15) is 0 Å². The van der Waals surface area contributed by atoms with Crippen LogP contribution in [-0.4, -0.2) is 9.55 Å². The molecule has 27 heavy (non-hydrogen) atoms. The molecule has 136 valence electrons. The lowest BCUT2D eigenvalue weighted by Gasteiger charge is -2.22. The van der Waals surface area contributed by atoms with Gasteiger partial charge in [-0.1, -0.05) is 77.3 Å². The van der Waals surface area contributed by atoms with Gasteiger partial charge in [-0.3, -0.25) is 0 Å². The lowest BCUT2D eigenvalue weighted by atomic mass is 10.00. The Hall–Kier alpha value is -2.20. The molecule has 1 atom stereocenters. The average molecular weight is 418 g/mol. The number of aromatic nitrogens is 2. The Morgan fingerprint density at radius 2 is 1.70 bits per heavy atom. The fourth-order valence-corrected chi connectivity index (χ4v) is 3.66. The predicted molar refractivity (Wildman–Crippen MR) is 111 cm³/mol. The number of fused-ring (bicyclic) bond motifs is 1. The maximum atomic E-state index is 6.32. The van der Waals surface area contributed by atoms with Crippen LogP contribution in [0, 0.1) is 0 Å². The Kier molecular flexibility index (Phi) is 5.26. The summed E-state index contributed by atoms with van der Waals surface area (Å²) in [7, 11) is 0. The molecule has 0 aliphatic carbocycles. The standard InChI is InChI=1S/C21H15Cl3N2O/c22-18-10-15(11-19(23)21(18)24)27-20(12-26-9-8-25-13-26)17-7-3-5-14-4-1-2-6-16(14)17/h1-11,13,20H,12H2. The zero-order chi connectivity index (χ0) is 18.8. The highest BCUT2D eigenvalue weighted by atomic mass is 35.5. The van der Waals surface area contributed by atoms with Gasteiger partial charge in [0.05, 0.1) is 27.9 Å². The molecule has 0 N–H and O–H groups in total. The molecule has 0 aliphatic heterocycles. The summed E-state index contributed by atoms with van der Waals surface area (Å²) >= 11 is 18.4. The lowest BCUT2D eigenvalue weighted by Crippen LogP contribution is -2.15. The van der Waals surface area contributed by atoms with E-state index in [1.807, 2.05) is 29.0 Å². The van der Waals surface area contributed by atoms with Crippen LogP contribution in [0.3, 0.4) is 0 Å². The smallest absolute Gasteiger partial charge is 0.142 e. The molecule has 1 heterocycles. The third kappa shape index (κ3) is 3.91. The first kappa shape index (κ1) is 18.2. The van der Waals surface area contributed by atoms with Crippen LogP contribution in [-0.2, 0) is 6.54 Å². The highest BCUT2D eigenvalue weighted by molar-refractivity contribution is 6.48. The van der Waals surface area contributed by atoms with Gasteiger partial charge in [0, 0.05) is 30.1 Å². The average Bonchev–Trinajstić information content (AvgIpc) is 3.18. The summed E-state index contributed by atoms with van der Waals surface area (Å²) in [5.74, 6) is 0.562. The fourth-order valence-electron chi connectivity index (χ4n) is 3.08. The van der Waals surface area contributed by atoms with E-state index in [0.29, 0.717) is 27.4 Å². The maximum absolute atomic E-state index is 6.32. The van der Waals surface area contributed by atoms with Crippen molar-refractivity contribution in [2.75, 3.05) is 0 Å². The molecule has 3 aromatic carbocycles. The van der Waals surface area contributed by atoms with E-state index in [-0.39, 0.29) is 6.10 Å². The number of rotatable bonds is 5. The van der Waals surface area contributed by atoms with Crippen molar-refractivity contribution in [3.63, 3.8) is 0 Å². The molecule has 0 saturated carbocycles. The molecule has 3 nitrogen and oxygen atoms in total. The van der Waals surface area contributed by atoms with E-state index < -0.39 is 0 Å². The largest absolute Gasteiger partial charge is 0.484 e. The molecular formula is C21H15Cl3N2O. The van der Waals surface area contributed by atoms with Crippen LogP contribution in [0.1, 0.15) is 11.7 Å². The number of halogens is 3. The van der Waals surface area contributed by atoms with Crippen molar-refractivity contribution in [2.24, 2.45) is 0 Å². The van der Waals surface area contributed by atoms with Gasteiger partial charge in [-0.25, -0.2) is 4.98 Å². The van der Waals surface area contributed by atoms with Crippen LogP contribution < -0.4 is 4.74 Å². The molecule has 1 unspecified atom stereocenters. The van der Waals surface area contributed by atoms with Crippen LogP contribution >= 0.6 is 34.8 Å². The first-order valence-electron chi connectivity index (χ1n) is 8.36. The topological polar surface area (TPSA) is 27.1 Å². The van der Waals surface area contributed by atoms with Crippen LogP contribution in [0.25, 0.3) is 10.8 Å². The van der Waals surface area contributed by atoms with Crippen LogP contribution in [0.15, 0.2) is 73.3 Å². The number of benzene rings is 3. The third-order valence-corrected chi connectivity index (χ3v) is 5.54.